The van der Waals surface area contributed by atoms with Crippen LogP contribution in [0.25, 0.3) is 0 Å². The lowest BCUT2D eigenvalue weighted by Gasteiger charge is -2.32. The second-order valence-corrected chi connectivity index (χ2v) is 6.56. The van der Waals surface area contributed by atoms with Crippen molar-refractivity contribution in [3.05, 3.63) is 65.5 Å². The smallest absolute Gasteiger partial charge is 0.387 e. The third-order valence-corrected chi connectivity index (χ3v) is 4.56. The summed E-state index contributed by atoms with van der Waals surface area (Å²) in [4.78, 5) is 14.6. The monoisotopic (exact) mass is 378 g/mol. The van der Waals surface area contributed by atoms with Crippen LogP contribution in [0.1, 0.15) is 28.8 Å². The Kier molecular flexibility index (Phi) is 6.34. The van der Waals surface area contributed by atoms with E-state index in [-0.39, 0.29) is 23.5 Å². The molecule has 1 aliphatic heterocycles. The maximum absolute atomic E-state index is 13.0. The molecule has 0 saturated carbocycles. The highest BCUT2D eigenvalue weighted by Gasteiger charge is 2.21. The molecule has 2 aromatic rings. The fraction of sp³-hybridized carbons (Fsp3) is 0.350. The predicted octanol–water partition coefficient (Wildman–Crippen LogP) is 3.82. The molecule has 0 atom stereocenters. The predicted molar refractivity (Wildman–Crippen MR) is 95.2 cm³/mol. The molecule has 0 bridgehead atoms. The number of alkyl halides is 2. The van der Waals surface area contributed by atoms with Gasteiger partial charge < -0.3 is 10.1 Å². The van der Waals surface area contributed by atoms with Gasteiger partial charge in [0, 0.05) is 31.2 Å². The van der Waals surface area contributed by atoms with E-state index in [1.165, 1.54) is 30.3 Å². The summed E-state index contributed by atoms with van der Waals surface area (Å²) in [6.45, 7) is -0.546. The molecular weight excluding hydrogens is 357 g/mol. The molecule has 1 aliphatic rings. The van der Waals surface area contributed by atoms with Crippen LogP contribution in [0.4, 0.5) is 13.2 Å². The maximum atomic E-state index is 13.0. The lowest BCUT2D eigenvalue weighted by molar-refractivity contribution is -0.0498. The molecule has 4 nitrogen and oxygen atoms in total. The van der Waals surface area contributed by atoms with Gasteiger partial charge in [-0.3, -0.25) is 9.69 Å². The molecule has 1 heterocycles. The van der Waals surface area contributed by atoms with Crippen LogP contribution < -0.4 is 10.1 Å². The van der Waals surface area contributed by atoms with Gasteiger partial charge in [0.2, 0.25) is 0 Å². The highest BCUT2D eigenvalue weighted by Crippen LogP contribution is 2.18. The summed E-state index contributed by atoms with van der Waals surface area (Å²) in [5.41, 5.74) is 1.34. The Morgan fingerprint density at radius 3 is 2.52 bits per heavy atom. The number of hydrogen-bond acceptors (Lipinski definition) is 3. The summed E-state index contributed by atoms with van der Waals surface area (Å²) in [6, 6.07) is 12.3. The van der Waals surface area contributed by atoms with Crippen molar-refractivity contribution in [2.75, 3.05) is 13.1 Å². The Labute approximate surface area is 155 Å². The van der Waals surface area contributed by atoms with Crippen molar-refractivity contribution < 1.29 is 22.7 Å². The molecule has 3 rings (SSSR count). The Balaban J connectivity index is 1.48. The zero-order valence-corrected chi connectivity index (χ0v) is 14.7. The van der Waals surface area contributed by atoms with Crippen LogP contribution in [0.2, 0.25) is 0 Å². The average Bonchev–Trinajstić information content (AvgIpc) is 2.65. The molecule has 1 saturated heterocycles. The van der Waals surface area contributed by atoms with E-state index in [0.29, 0.717) is 5.56 Å². The fourth-order valence-electron chi connectivity index (χ4n) is 3.17. The van der Waals surface area contributed by atoms with Gasteiger partial charge >= 0.3 is 6.61 Å². The number of nitrogens with one attached hydrogen (secondary N) is 1. The topological polar surface area (TPSA) is 41.6 Å². The number of hydrogen-bond donors (Lipinski definition) is 1. The van der Waals surface area contributed by atoms with Gasteiger partial charge in [-0.05, 0) is 48.7 Å². The minimum Gasteiger partial charge on any atom is -0.435 e. The van der Waals surface area contributed by atoms with Gasteiger partial charge in [0.05, 0.1) is 0 Å². The first-order valence-electron chi connectivity index (χ1n) is 8.82. The van der Waals surface area contributed by atoms with Crippen molar-refractivity contribution in [3.8, 4) is 5.75 Å². The third kappa shape index (κ3) is 5.72. The number of amides is 1. The zero-order valence-electron chi connectivity index (χ0n) is 14.7. The van der Waals surface area contributed by atoms with Crippen molar-refractivity contribution in [3.63, 3.8) is 0 Å². The quantitative estimate of drug-likeness (QED) is 0.831. The molecule has 0 aliphatic carbocycles. The van der Waals surface area contributed by atoms with Crippen molar-refractivity contribution in [2.45, 2.75) is 32.0 Å². The maximum Gasteiger partial charge on any atom is 0.387 e. The molecular formula is C20H21F3N2O2. The van der Waals surface area contributed by atoms with Crippen molar-refractivity contribution in [1.29, 1.82) is 0 Å². The van der Waals surface area contributed by atoms with Gasteiger partial charge in [-0.15, -0.1) is 0 Å². The van der Waals surface area contributed by atoms with Crippen LogP contribution in [0, 0.1) is 5.82 Å². The van der Waals surface area contributed by atoms with E-state index in [1.807, 2.05) is 0 Å². The highest BCUT2D eigenvalue weighted by atomic mass is 19.3. The van der Waals surface area contributed by atoms with Crippen LogP contribution >= 0.6 is 0 Å². The molecule has 7 heteroatoms. The van der Waals surface area contributed by atoms with E-state index in [1.54, 1.807) is 18.2 Å². The van der Waals surface area contributed by atoms with Crippen LogP contribution in [0.15, 0.2) is 48.5 Å². The highest BCUT2D eigenvalue weighted by molar-refractivity contribution is 5.94. The molecule has 0 aromatic heterocycles. The zero-order chi connectivity index (χ0) is 19.2. The summed E-state index contributed by atoms with van der Waals surface area (Å²) < 4.78 is 41.9. The lowest BCUT2D eigenvalue weighted by Crippen LogP contribution is -2.44. The number of carbonyl (C=O) groups excluding carboxylic acids is 1. The number of rotatable bonds is 6. The van der Waals surface area contributed by atoms with E-state index < -0.39 is 6.61 Å². The molecule has 0 unspecified atom stereocenters. The van der Waals surface area contributed by atoms with Crippen LogP contribution in [0.3, 0.4) is 0 Å². The van der Waals surface area contributed by atoms with Crippen molar-refractivity contribution in [1.82, 2.24) is 10.2 Å². The Bertz CT molecular complexity index is 760. The van der Waals surface area contributed by atoms with Gasteiger partial charge in [-0.1, -0.05) is 18.2 Å². The van der Waals surface area contributed by atoms with E-state index in [2.05, 4.69) is 15.0 Å². The molecule has 1 fully saturated rings. The van der Waals surface area contributed by atoms with E-state index >= 15 is 0 Å². The van der Waals surface area contributed by atoms with Gasteiger partial charge in [-0.2, -0.15) is 8.78 Å². The van der Waals surface area contributed by atoms with Crippen molar-refractivity contribution >= 4 is 5.91 Å². The lowest BCUT2D eigenvalue weighted by atomic mass is 10.0. The van der Waals surface area contributed by atoms with E-state index in [0.717, 1.165) is 38.0 Å². The molecule has 1 amide bonds. The first-order valence-corrected chi connectivity index (χ1v) is 8.82. The molecule has 0 radical (unpaired) electrons. The molecule has 2 aromatic carbocycles. The first-order chi connectivity index (χ1) is 13.0. The largest absolute Gasteiger partial charge is 0.435 e. The minimum atomic E-state index is -2.92. The number of ether oxygens (including phenoxy) is 1. The van der Waals surface area contributed by atoms with Gasteiger partial charge in [0.1, 0.15) is 11.6 Å². The van der Waals surface area contributed by atoms with Crippen LogP contribution in [0.5, 0.6) is 5.75 Å². The summed E-state index contributed by atoms with van der Waals surface area (Å²) >= 11 is 0. The summed E-state index contributed by atoms with van der Waals surface area (Å²) in [5, 5.41) is 2.95. The number of carbonyl (C=O) groups is 1. The van der Waals surface area contributed by atoms with E-state index in [4.69, 9.17) is 0 Å². The molecule has 1 N–H and O–H groups in total. The van der Waals surface area contributed by atoms with E-state index in [9.17, 15) is 18.0 Å². The Morgan fingerprint density at radius 2 is 1.85 bits per heavy atom. The first kappa shape index (κ1) is 19.2. The standard InChI is InChI=1S/C20H21F3N2O2/c21-16-6-4-14(5-7-16)13-25-10-8-17(9-11-25)24-19(26)15-2-1-3-18(12-15)27-20(22)23/h1-7,12,17,20H,8-11,13H2,(H,24,26). The number of nitrogens with zero attached hydrogens (tertiary/aromatic N) is 1. The Morgan fingerprint density at radius 1 is 1.15 bits per heavy atom. The van der Waals surface area contributed by atoms with Crippen LogP contribution in [-0.4, -0.2) is 36.5 Å². The molecule has 27 heavy (non-hydrogen) atoms. The second kappa shape index (κ2) is 8.90. The summed E-state index contributed by atoms with van der Waals surface area (Å²) in [5.74, 6) is -0.582. The summed E-state index contributed by atoms with van der Waals surface area (Å²) in [6.07, 6.45) is 1.58. The Hall–Kier alpha value is -2.54. The van der Waals surface area contributed by atoms with Crippen molar-refractivity contribution in [2.24, 2.45) is 0 Å². The van der Waals surface area contributed by atoms with Gasteiger partial charge in [0.15, 0.2) is 0 Å². The third-order valence-electron chi connectivity index (χ3n) is 4.56. The molecule has 144 valence electrons. The normalized spacial score (nSPS) is 15.7. The number of halogens is 3. The average molecular weight is 378 g/mol. The van der Waals surface area contributed by atoms with Crippen LogP contribution in [-0.2, 0) is 6.54 Å². The fourth-order valence-corrected chi connectivity index (χ4v) is 3.17. The second-order valence-electron chi connectivity index (χ2n) is 6.56. The number of piperidine rings is 1. The molecule has 0 spiro atoms. The minimum absolute atomic E-state index is 0.0293. The SMILES string of the molecule is O=C(NC1CCN(Cc2ccc(F)cc2)CC1)c1cccc(OC(F)F)c1. The summed E-state index contributed by atoms with van der Waals surface area (Å²) in [7, 11) is 0. The van der Waals surface area contributed by atoms with Gasteiger partial charge in [0.25, 0.3) is 5.91 Å². The number of likely N-dealkylation sites (tertiary alicyclic amines) is 1. The van der Waals surface area contributed by atoms with Gasteiger partial charge in [-0.25, -0.2) is 4.39 Å². The number of benzene rings is 2.